The van der Waals surface area contributed by atoms with Crippen LogP contribution in [0.2, 0.25) is 0 Å². The van der Waals surface area contributed by atoms with E-state index >= 15 is 0 Å². The third-order valence-corrected chi connectivity index (χ3v) is 6.16. The van der Waals surface area contributed by atoms with Gasteiger partial charge in [0.05, 0.1) is 6.54 Å². The van der Waals surface area contributed by atoms with Crippen LogP contribution >= 0.6 is 24.0 Å². The van der Waals surface area contributed by atoms with E-state index in [0.717, 1.165) is 62.9 Å². The smallest absolute Gasteiger partial charge is 0.222 e. The Labute approximate surface area is 212 Å². The molecular weight excluding hydrogens is 532 g/mol. The summed E-state index contributed by atoms with van der Waals surface area (Å²) < 4.78 is 13.2. The van der Waals surface area contributed by atoms with Gasteiger partial charge in [-0.3, -0.25) is 4.79 Å². The third-order valence-electron chi connectivity index (χ3n) is 6.16. The summed E-state index contributed by atoms with van der Waals surface area (Å²) in [7, 11) is 0. The van der Waals surface area contributed by atoms with Crippen molar-refractivity contribution in [1.82, 2.24) is 15.1 Å². The van der Waals surface area contributed by atoms with Crippen molar-refractivity contribution in [3.8, 4) is 0 Å². The number of carbonyl (C=O) groups excluding carboxylic acids is 1. The van der Waals surface area contributed by atoms with E-state index in [4.69, 9.17) is 4.99 Å². The van der Waals surface area contributed by atoms with Gasteiger partial charge in [-0.1, -0.05) is 24.3 Å². The molecule has 33 heavy (non-hydrogen) atoms. The van der Waals surface area contributed by atoms with Crippen LogP contribution in [0, 0.1) is 5.82 Å². The van der Waals surface area contributed by atoms with Gasteiger partial charge in [0.25, 0.3) is 0 Å². The Kier molecular flexibility index (Phi) is 9.34. The standard InChI is InChI=1S/C25H32FN5O.HI/c1-2-27-25(30-16-14-29(15-17-30)23-11-9-22(26)10-12-23)28-18-20-6-3-4-7-21(20)19-31-13-5-8-24(31)32;/h3-4,6-7,9-12H,2,5,8,13-19H2,1H3,(H,27,28);1H. The SMILES string of the molecule is CCNC(=NCc1ccccc1CN1CCCC1=O)N1CCN(c2ccc(F)cc2)CC1.I. The zero-order chi connectivity index (χ0) is 22.3. The Balaban J connectivity index is 0.00000306. The van der Waals surface area contributed by atoms with Gasteiger partial charge in [0.15, 0.2) is 5.96 Å². The normalized spacial score (nSPS) is 16.7. The topological polar surface area (TPSA) is 51.2 Å². The first-order valence-corrected chi connectivity index (χ1v) is 11.5. The molecule has 2 fully saturated rings. The molecule has 0 spiro atoms. The van der Waals surface area contributed by atoms with Gasteiger partial charge < -0.3 is 20.0 Å². The lowest BCUT2D eigenvalue weighted by atomic mass is 10.1. The zero-order valence-electron chi connectivity index (χ0n) is 19.2. The van der Waals surface area contributed by atoms with E-state index in [2.05, 4.69) is 34.2 Å². The molecule has 2 aliphatic heterocycles. The fourth-order valence-electron chi connectivity index (χ4n) is 4.36. The molecule has 2 aliphatic rings. The van der Waals surface area contributed by atoms with Crippen LogP contribution in [0.1, 0.15) is 30.9 Å². The number of nitrogens with one attached hydrogen (secondary N) is 1. The number of benzene rings is 2. The van der Waals surface area contributed by atoms with Crippen LogP contribution < -0.4 is 10.2 Å². The lowest BCUT2D eigenvalue weighted by molar-refractivity contribution is -0.128. The Morgan fingerprint density at radius 2 is 1.70 bits per heavy atom. The molecule has 0 saturated carbocycles. The highest BCUT2D eigenvalue weighted by Gasteiger charge is 2.22. The molecule has 0 unspecified atom stereocenters. The number of likely N-dealkylation sites (tertiary alicyclic amines) is 1. The fraction of sp³-hybridized carbons (Fsp3) is 0.440. The predicted molar refractivity (Wildman–Crippen MR) is 142 cm³/mol. The molecule has 4 rings (SSSR count). The van der Waals surface area contributed by atoms with E-state index in [9.17, 15) is 9.18 Å². The predicted octanol–water partition coefficient (Wildman–Crippen LogP) is 3.85. The molecule has 0 atom stereocenters. The van der Waals surface area contributed by atoms with Crippen molar-refractivity contribution in [2.45, 2.75) is 32.9 Å². The first-order valence-electron chi connectivity index (χ1n) is 11.5. The van der Waals surface area contributed by atoms with Gasteiger partial charge in [0.1, 0.15) is 5.82 Å². The van der Waals surface area contributed by atoms with Crippen LogP contribution in [0.15, 0.2) is 53.5 Å². The van der Waals surface area contributed by atoms with E-state index in [1.54, 1.807) is 0 Å². The number of amides is 1. The molecule has 2 saturated heterocycles. The highest BCUT2D eigenvalue weighted by atomic mass is 127. The van der Waals surface area contributed by atoms with E-state index < -0.39 is 0 Å². The molecule has 1 N–H and O–H groups in total. The number of carbonyl (C=O) groups is 1. The minimum atomic E-state index is -0.205. The summed E-state index contributed by atoms with van der Waals surface area (Å²) in [4.78, 5) is 23.5. The largest absolute Gasteiger partial charge is 0.368 e. The second kappa shape index (κ2) is 12.2. The van der Waals surface area contributed by atoms with Gasteiger partial charge in [-0.05, 0) is 48.7 Å². The van der Waals surface area contributed by atoms with Gasteiger partial charge in [-0.2, -0.15) is 0 Å². The maximum Gasteiger partial charge on any atom is 0.222 e. The van der Waals surface area contributed by atoms with Crippen LogP contribution in [0.5, 0.6) is 0 Å². The van der Waals surface area contributed by atoms with Crippen molar-refractivity contribution in [1.29, 1.82) is 0 Å². The maximum absolute atomic E-state index is 13.2. The summed E-state index contributed by atoms with van der Waals surface area (Å²) in [6.45, 7) is 8.42. The molecule has 0 aromatic heterocycles. The van der Waals surface area contributed by atoms with Crippen LogP contribution in [0.3, 0.4) is 0 Å². The average Bonchev–Trinajstić information content (AvgIpc) is 3.22. The fourth-order valence-corrected chi connectivity index (χ4v) is 4.36. The lowest BCUT2D eigenvalue weighted by Gasteiger charge is -2.37. The first-order chi connectivity index (χ1) is 15.6. The Morgan fingerprint density at radius 3 is 2.33 bits per heavy atom. The molecule has 178 valence electrons. The molecule has 1 amide bonds. The monoisotopic (exact) mass is 565 g/mol. The molecular formula is C25H33FIN5O. The molecule has 6 nitrogen and oxygen atoms in total. The second-order valence-corrected chi connectivity index (χ2v) is 8.31. The molecule has 0 radical (unpaired) electrons. The van der Waals surface area contributed by atoms with Crippen LogP contribution in [-0.2, 0) is 17.9 Å². The molecule has 0 aliphatic carbocycles. The van der Waals surface area contributed by atoms with E-state index in [1.807, 2.05) is 29.2 Å². The Morgan fingerprint density at radius 1 is 1.00 bits per heavy atom. The van der Waals surface area contributed by atoms with Crippen molar-refractivity contribution in [2.24, 2.45) is 4.99 Å². The highest BCUT2D eigenvalue weighted by Crippen LogP contribution is 2.19. The van der Waals surface area contributed by atoms with Crippen LogP contribution in [0.25, 0.3) is 0 Å². The summed E-state index contributed by atoms with van der Waals surface area (Å²) in [5.41, 5.74) is 3.38. The number of aliphatic imine (C=N–C) groups is 1. The number of rotatable bonds is 6. The number of guanidine groups is 1. The minimum Gasteiger partial charge on any atom is -0.368 e. The Bertz CT molecular complexity index is 944. The quantitative estimate of drug-likeness (QED) is 0.329. The summed E-state index contributed by atoms with van der Waals surface area (Å²) >= 11 is 0. The number of nitrogens with zero attached hydrogens (tertiary/aromatic N) is 4. The first kappa shape index (κ1) is 25.3. The van der Waals surface area contributed by atoms with Gasteiger partial charge in [-0.25, -0.2) is 9.38 Å². The van der Waals surface area contributed by atoms with Crippen molar-refractivity contribution < 1.29 is 9.18 Å². The van der Waals surface area contributed by atoms with Gasteiger partial charge >= 0.3 is 0 Å². The molecule has 2 aromatic carbocycles. The third kappa shape index (κ3) is 6.59. The number of hydrogen-bond donors (Lipinski definition) is 1. The molecule has 2 heterocycles. The molecule has 2 aromatic rings. The van der Waals surface area contributed by atoms with Crippen LogP contribution in [0.4, 0.5) is 10.1 Å². The van der Waals surface area contributed by atoms with Crippen molar-refractivity contribution in [3.63, 3.8) is 0 Å². The molecule has 0 bridgehead atoms. The lowest BCUT2D eigenvalue weighted by Crippen LogP contribution is -2.52. The van der Waals surface area contributed by atoms with E-state index in [-0.39, 0.29) is 35.7 Å². The minimum absolute atomic E-state index is 0. The molecule has 8 heteroatoms. The van der Waals surface area contributed by atoms with Crippen molar-refractivity contribution in [2.75, 3.05) is 44.2 Å². The van der Waals surface area contributed by atoms with Crippen molar-refractivity contribution in [3.05, 3.63) is 65.5 Å². The summed E-state index contributed by atoms with van der Waals surface area (Å²) in [6, 6.07) is 15.0. The van der Waals surface area contributed by atoms with E-state index in [0.29, 0.717) is 19.5 Å². The number of anilines is 1. The van der Waals surface area contributed by atoms with Gasteiger partial charge in [-0.15, -0.1) is 24.0 Å². The van der Waals surface area contributed by atoms with Crippen LogP contribution in [-0.4, -0.2) is 60.9 Å². The number of halogens is 2. The number of piperazine rings is 1. The van der Waals surface area contributed by atoms with Gasteiger partial charge in [0, 0.05) is 57.9 Å². The maximum atomic E-state index is 13.2. The zero-order valence-corrected chi connectivity index (χ0v) is 21.5. The highest BCUT2D eigenvalue weighted by molar-refractivity contribution is 14.0. The number of hydrogen-bond acceptors (Lipinski definition) is 3. The summed E-state index contributed by atoms with van der Waals surface area (Å²) in [5, 5.41) is 3.43. The van der Waals surface area contributed by atoms with E-state index in [1.165, 1.54) is 17.7 Å². The Hall–Kier alpha value is -2.36. The second-order valence-electron chi connectivity index (χ2n) is 8.31. The summed E-state index contributed by atoms with van der Waals surface area (Å²) in [6.07, 6.45) is 1.61. The van der Waals surface area contributed by atoms with Crippen molar-refractivity contribution >= 4 is 41.5 Å². The van der Waals surface area contributed by atoms with Gasteiger partial charge in [0.2, 0.25) is 5.91 Å². The summed E-state index contributed by atoms with van der Waals surface area (Å²) in [5.74, 6) is 0.956. The average molecular weight is 565 g/mol.